The molecule has 168 valence electrons. The Hall–Kier alpha value is -3.22. The number of benzene rings is 3. The van der Waals surface area contributed by atoms with E-state index in [1.54, 1.807) is 11.3 Å². The zero-order valence-electron chi connectivity index (χ0n) is 18.4. The number of hydrogen-bond acceptors (Lipinski definition) is 5. The molecular formula is C27H27N3O2S. The van der Waals surface area contributed by atoms with Gasteiger partial charge in [-0.2, -0.15) is 0 Å². The normalized spacial score (nSPS) is 14.9. The average Bonchev–Trinajstić information content (AvgIpc) is 3.29. The second kappa shape index (κ2) is 10.1. The summed E-state index contributed by atoms with van der Waals surface area (Å²) in [6.45, 7) is 2.78. The van der Waals surface area contributed by atoms with E-state index >= 15 is 0 Å². The molecule has 1 aliphatic rings. The van der Waals surface area contributed by atoms with Crippen molar-refractivity contribution < 1.29 is 9.53 Å². The highest BCUT2D eigenvalue weighted by Crippen LogP contribution is 2.33. The van der Waals surface area contributed by atoms with Crippen molar-refractivity contribution in [3.05, 3.63) is 89.4 Å². The molecule has 1 amide bonds. The summed E-state index contributed by atoms with van der Waals surface area (Å²) < 4.78 is 7.07. The minimum absolute atomic E-state index is 0.0198. The van der Waals surface area contributed by atoms with Gasteiger partial charge < -0.3 is 10.1 Å². The Bertz CT molecular complexity index is 1170. The maximum atomic E-state index is 12.6. The lowest BCUT2D eigenvalue weighted by Gasteiger charge is -2.30. The number of nitrogens with zero attached hydrogens (tertiary/aromatic N) is 2. The van der Waals surface area contributed by atoms with Crippen LogP contribution >= 0.6 is 11.3 Å². The number of hydrogen-bond donors (Lipinski definition) is 1. The van der Waals surface area contributed by atoms with Crippen molar-refractivity contribution in [2.45, 2.75) is 25.4 Å². The molecule has 0 spiro atoms. The number of aromatic nitrogens is 1. The van der Waals surface area contributed by atoms with Gasteiger partial charge in [-0.15, -0.1) is 11.3 Å². The fourth-order valence-electron chi connectivity index (χ4n) is 4.18. The summed E-state index contributed by atoms with van der Waals surface area (Å²) in [4.78, 5) is 19.6. The molecule has 0 saturated carbocycles. The average molecular weight is 458 g/mol. The fourth-order valence-corrected chi connectivity index (χ4v) is 5.32. The summed E-state index contributed by atoms with van der Waals surface area (Å²) >= 11 is 1.80. The number of nitrogens with one attached hydrogen (secondary N) is 1. The molecule has 0 bridgehead atoms. The number of carbonyl (C=O) groups excluding carboxylic acids is 1. The van der Waals surface area contributed by atoms with Crippen LogP contribution in [0.3, 0.4) is 0 Å². The van der Waals surface area contributed by atoms with Gasteiger partial charge in [-0.3, -0.25) is 9.69 Å². The number of fused-ring (bicyclic) bond motifs is 1. The first-order valence-corrected chi connectivity index (χ1v) is 12.2. The zero-order valence-corrected chi connectivity index (χ0v) is 19.3. The Morgan fingerprint density at radius 1 is 0.970 bits per heavy atom. The van der Waals surface area contributed by atoms with Crippen LogP contribution in [0.15, 0.2) is 78.9 Å². The van der Waals surface area contributed by atoms with E-state index in [-0.39, 0.29) is 5.91 Å². The Morgan fingerprint density at radius 3 is 2.45 bits per heavy atom. The minimum atomic E-state index is 0.0198. The topological polar surface area (TPSA) is 54.5 Å². The predicted molar refractivity (Wildman–Crippen MR) is 134 cm³/mol. The van der Waals surface area contributed by atoms with E-state index in [2.05, 4.69) is 28.4 Å². The molecule has 0 aliphatic carbocycles. The van der Waals surface area contributed by atoms with Crippen LogP contribution in [0.25, 0.3) is 10.2 Å². The summed E-state index contributed by atoms with van der Waals surface area (Å²) in [6, 6.07) is 25.9. The van der Waals surface area contributed by atoms with Gasteiger partial charge in [-0.1, -0.05) is 42.5 Å². The monoisotopic (exact) mass is 457 g/mol. The SMILES string of the molecule is O=C(CN1CCC(c2nc3ccccc3s2)CC1)Nc1ccc(OCc2ccccc2)cc1. The third-order valence-electron chi connectivity index (χ3n) is 6.00. The van der Waals surface area contributed by atoms with Gasteiger partial charge in [-0.05, 0) is 67.9 Å². The molecule has 1 fully saturated rings. The molecule has 1 aliphatic heterocycles. The molecule has 0 unspecified atom stereocenters. The minimum Gasteiger partial charge on any atom is -0.489 e. The lowest BCUT2D eigenvalue weighted by atomic mass is 9.97. The summed E-state index contributed by atoms with van der Waals surface area (Å²) in [7, 11) is 0. The van der Waals surface area contributed by atoms with E-state index in [0.717, 1.165) is 48.4 Å². The lowest BCUT2D eigenvalue weighted by Crippen LogP contribution is -2.38. The summed E-state index contributed by atoms with van der Waals surface area (Å²) in [6.07, 6.45) is 2.08. The first-order valence-electron chi connectivity index (χ1n) is 11.4. The van der Waals surface area contributed by atoms with Crippen LogP contribution in [0.1, 0.15) is 29.3 Å². The predicted octanol–water partition coefficient (Wildman–Crippen LogP) is 5.69. The number of para-hydroxylation sites is 1. The van der Waals surface area contributed by atoms with Gasteiger partial charge in [0.2, 0.25) is 5.91 Å². The van der Waals surface area contributed by atoms with Gasteiger partial charge in [0.25, 0.3) is 0 Å². The number of likely N-dealkylation sites (tertiary alicyclic amines) is 1. The first-order chi connectivity index (χ1) is 16.2. The van der Waals surface area contributed by atoms with E-state index in [0.29, 0.717) is 19.1 Å². The van der Waals surface area contributed by atoms with E-state index < -0.39 is 0 Å². The van der Waals surface area contributed by atoms with Crippen molar-refractivity contribution in [2.24, 2.45) is 0 Å². The standard InChI is InChI=1S/C27H27N3O2S/c31-26(28-22-10-12-23(13-11-22)32-19-20-6-2-1-3-7-20)18-30-16-14-21(15-17-30)27-29-24-8-4-5-9-25(24)33-27/h1-13,21H,14-19H2,(H,28,31). The van der Waals surface area contributed by atoms with Crippen LogP contribution in [0.4, 0.5) is 5.69 Å². The molecule has 5 nitrogen and oxygen atoms in total. The number of carbonyl (C=O) groups is 1. The van der Waals surface area contributed by atoms with Crippen LogP contribution in [-0.2, 0) is 11.4 Å². The second-order valence-corrected chi connectivity index (χ2v) is 9.48. The molecule has 4 aromatic rings. The second-order valence-electron chi connectivity index (χ2n) is 8.42. The highest BCUT2D eigenvalue weighted by Gasteiger charge is 2.24. The van der Waals surface area contributed by atoms with E-state index in [9.17, 15) is 4.79 Å². The van der Waals surface area contributed by atoms with Gasteiger partial charge in [0, 0.05) is 11.6 Å². The van der Waals surface area contributed by atoms with E-state index in [1.807, 2.05) is 60.7 Å². The Kier molecular flexibility index (Phi) is 6.65. The lowest BCUT2D eigenvalue weighted by molar-refractivity contribution is -0.117. The first kappa shape index (κ1) is 21.6. The van der Waals surface area contributed by atoms with Crippen LogP contribution in [-0.4, -0.2) is 35.4 Å². The van der Waals surface area contributed by atoms with Crippen LogP contribution in [0.5, 0.6) is 5.75 Å². The Balaban J connectivity index is 1.07. The summed E-state index contributed by atoms with van der Waals surface area (Å²) in [5.74, 6) is 1.30. The number of rotatable bonds is 7. The molecule has 0 atom stereocenters. The molecule has 5 rings (SSSR count). The van der Waals surface area contributed by atoms with Crippen LogP contribution in [0, 0.1) is 0 Å². The zero-order chi connectivity index (χ0) is 22.5. The molecule has 1 N–H and O–H groups in total. The van der Waals surface area contributed by atoms with Crippen molar-refractivity contribution in [1.82, 2.24) is 9.88 Å². The quantitative estimate of drug-likeness (QED) is 0.387. The molecule has 3 aromatic carbocycles. The smallest absolute Gasteiger partial charge is 0.238 e. The van der Waals surface area contributed by atoms with Crippen LogP contribution < -0.4 is 10.1 Å². The number of thiazole rings is 1. The highest BCUT2D eigenvalue weighted by molar-refractivity contribution is 7.18. The molecular weight excluding hydrogens is 430 g/mol. The van der Waals surface area contributed by atoms with Gasteiger partial charge in [-0.25, -0.2) is 4.98 Å². The van der Waals surface area contributed by atoms with Crippen molar-refractivity contribution >= 4 is 33.1 Å². The Morgan fingerprint density at radius 2 is 1.70 bits per heavy atom. The molecule has 1 aromatic heterocycles. The fraction of sp³-hybridized carbons (Fsp3) is 0.259. The van der Waals surface area contributed by atoms with Gasteiger partial charge >= 0.3 is 0 Å². The largest absolute Gasteiger partial charge is 0.489 e. The van der Waals surface area contributed by atoms with Gasteiger partial charge in [0.15, 0.2) is 0 Å². The molecule has 6 heteroatoms. The number of ether oxygens (including phenoxy) is 1. The molecule has 2 heterocycles. The molecule has 0 radical (unpaired) electrons. The maximum Gasteiger partial charge on any atom is 0.238 e. The van der Waals surface area contributed by atoms with E-state index in [4.69, 9.17) is 9.72 Å². The van der Waals surface area contributed by atoms with Crippen molar-refractivity contribution in [3.63, 3.8) is 0 Å². The van der Waals surface area contributed by atoms with Crippen molar-refractivity contribution in [2.75, 3.05) is 25.0 Å². The van der Waals surface area contributed by atoms with Crippen LogP contribution in [0.2, 0.25) is 0 Å². The van der Waals surface area contributed by atoms with Crippen molar-refractivity contribution in [1.29, 1.82) is 0 Å². The summed E-state index contributed by atoms with van der Waals surface area (Å²) in [5.41, 5.74) is 3.01. The number of amides is 1. The molecule has 1 saturated heterocycles. The third-order valence-corrected chi connectivity index (χ3v) is 7.20. The molecule has 33 heavy (non-hydrogen) atoms. The highest BCUT2D eigenvalue weighted by atomic mass is 32.1. The van der Waals surface area contributed by atoms with Crippen molar-refractivity contribution in [3.8, 4) is 5.75 Å². The summed E-state index contributed by atoms with van der Waals surface area (Å²) in [5, 5.41) is 4.24. The number of piperidine rings is 1. The van der Waals surface area contributed by atoms with Gasteiger partial charge in [0.1, 0.15) is 12.4 Å². The number of anilines is 1. The van der Waals surface area contributed by atoms with Gasteiger partial charge in [0.05, 0.1) is 21.8 Å². The Labute approximate surface area is 198 Å². The van der Waals surface area contributed by atoms with E-state index in [1.165, 1.54) is 9.71 Å². The maximum absolute atomic E-state index is 12.6. The third kappa shape index (κ3) is 5.59.